The van der Waals surface area contributed by atoms with Crippen molar-refractivity contribution in [2.24, 2.45) is 0 Å². The summed E-state index contributed by atoms with van der Waals surface area (Å²) in [5.74, 6) is 0. The van der Waals surface area contributed by atoms with Gasteiger partial charge in [-0.05, 0) is 39.8 Å². The van der Waals surface area contributed by atoms with Gasteiger partial charge in [0, 0.05) is 47.4 Å². The SMILES string of the molecule is CN(C)Cc1ccccc1N.CN(C)Cc1ccccc1[N+](=O)[O-].O=[N+]([O-])c1ccccc1CBr. The lowest BCUT2D eigenvalue weighted by atomic mass is 10.2. The van der Waals surface area contributed by atoms with E-state index in [9.17, 15) is 20.2 Å². The van der Waals surface area contributed by atoms with E-state index in [2.05, 4.69) is 26.9 Å². The van der Waals surface area contributed by atoms with E-state index in [0.717, 1.165) is 17.8 Å². The summed E-state index contributed by atoms with van der Waals surface area (Å²) in [7, 11) is 7.84. The number of rotatable bonds is 7. The molecule has 0 atom stereocenters. The molecule has 2 N–H and O–H groups in total. The zero-order valence-electron chi connectivity index (χ0n) is 20.4. The third-order valence-corrected chi connectivity index (χ3v) is 5.15. The summed E-state index contributed by atoms with van der Waals surface area (Å²) in [4.78, 5) is 24.2. The summed E-state index contributed by atoms with van der Waals surface area (Å²) in [6.45, 7) is 1.50. The monoisotopic (exact) mass is 545 g/mol. The molecule has 0 aliphatic carbocycles. The first-order valence-corrected chi connectivity index (χ1v) is 11.8. The minimum atomic E-state index is -0.378. The van der Waals surface area contributed by atoms with Crippen LogP contribution in [0, 0.1) is 20.2 Å². The molecule has 0 saturated heterocycles. The average molecular weight is 546 g/mol. The predicted molar refractivity (Wildman–Crippen MR) is 144 cm³/mol. The smallest absolute Gasteiger partial charge is 0.273 e. The molecule has 3 rings (SSSR count). The van der Waals surface area contributed by atoms with Crippen LogP contribution in [0.1, 0.15) is 16.7 Å². The molecule has 0 aliphatic heterocycles. The number of nitrogens with two attached hydrogens (primary N) is 1. The summed E-state index contributed by atoms with van der Waals surface area (Å²) in [6.07, 6.45) is 0. The Morgan fingerprint density at radius 1 is 0.686 bits per heavy atom. The number of nitrogens with zero attached hydrogens (tertiary/aromatic N) is 4. The van der Waals surface area contributed by atoms with Gasteiger partial charge in [0.25, 0.3) is 11.4 Å². The Morgan fingerprint density at radius 3 is 1.46 bits per heavy atom. The Kier molecular flexibility index (Phi) is 13.2. The Labute approximate surface area is 214 Å². The van der Waals surface area contributed by atoms with E-state index in [-0.39, 0.29) is 21.2 Å². The van der Waals surface area contributed by atoms with Gasteiger partial charge in [0.1, 0.15) is 0 Å². The van der Waals surface area contributed by atoms with Gasteiger partial charge in [0.2, 0.25) is 0 Å². The summed E-state index contributed by atoms with van der Waals surface area (Å²) < 4.78 is 0. The molecule has 0 heterocycles. The molecule has 3 aromatic rings. The third-order valence-electron chi connectivity index (χ3n) is 4.55. The molecule has 188 valence electrons. The maximum atomic E-state index is 10.6. The zero-order chi connectivity index (χ0) is 26.4. The number of nitro groups is 2. The van der Waals surface area contributed by atoms with E-state index in [1.165, 1.54) is 17.7 Å². The van der Waals surface area contributed by atoms with Crippen molar-refractivity contribution >= 4 is 33.0 Å². The van der Waals surface area contributed by atoms with Gasteiger partial charge in [-0.25, -0.2) is 0 Å². The van der Waals surface area contributed by atoms with Crippen molar-refractivity contribution in [3.05, 3.63) is 110 Å². The summed E-state index contributed by atoms with van der Waals surface area (Å²) in [5, 5.41) is 21.5. The van der Waals surface area contributed by atoms with Gasteiger partial charge < -0.3 is 15.5 Å². The minimum absolute atomic E-state index is 0.171. The third kappa shape index (κ3) is 11.1. The predicted octanol–water partition coefficient (Wildman–Crippen LogP) is 5.48. The lowest BCUT2D eigenvalue weighted by Crippen LogP contribution is -2.11. The van der Waals surface area contributed by atoms with Crippen LogP contribution in [0.15, 0.2) is 72.8 Å². The molecule has 35 heavy (non-hydrogen) atoms. The second kappa shape index (κ2) is 15.5. The second-order valence-corrected chi connectivity index (χ2v) is 8.64. The summed E-state index contributed by atoms with van der Waals surface area (Å²) in [6, 6.07) is 21.4. The molecular weight excluding hydrogens is 514 g/mol. The normalized spacial score (nSPS) is 10.1. The molecule has 0 fully saturated rings. The fourth-order valence-corrected chi connectivity index (χ4v) is 3.46. The van der Waals surface area contributed by atoms with Crippen molar-refractivity contribution in [3.8, 4) is 0 Å². The van der Waals surface area contributed by atoms with Crippen LogP contribution in [0.4, 0.5) is 17.1 Å². The molecule has 3 aromatic carbocycles. The maximum absolute atomic E-state index is 10.6. The minimum Gasteiger partial charge on any atom is -0.398 e. The van der Waals surface area contributed by atoms with E-state index in [4.69, 9.17) is 5.73 Å². The van der Waals surface area contributed by atoms with Crippen LogP contribution in [0.25, 0.3) is 0 Å². The van der Waals surface area contributed by atoms with Gasteiger partial charge >= 0.3 is 0 Å². The van der Waals surface area contributed by atoms with Gasteiger partial charge in [-0.15, -0.1) is 0 Å². The van der Waals surface area contributed by atoms with Crippen molar-refractivity contribution in [1.29, 1.82) is 0 Å². The highest BCUT2D eigenvalue weighted by Crippen LogP contribution is 2.20. The molecule has 0 radical (unpaired) electrons. The molecule has 0 amide bonds. The van der Waals surface area contributed by atoms with Gasteiger partial charge in [-0.1, -0.05) is 70.5 Å². The highest BCUT2D eigenvalue weighted by molar-refractivity contribution is 9.08. The molecule has 0 aromatic heterocycles. The van der Waals surface area contributed by atoms with Gasteiger partial charge in [-0.3, -0.25) is 20.2 Å². The van der Waals surface area contributed by atoms with E-state index in [1.54, 1.807) is 30.3 Å². The van der Waals surface area contributed by atoms with E-state index in [0.29, 0.717) is 17.4 Å². The highest BCUT2D eigenvalue weighted by atomic mass is 79.9. The van der Waals surface area contributed by atoms with Crippen molar-refractivity contribution < 1.29 is 9.85 Å². The Hall–Kier alpha value is -3.34. The summed E-state index contributed by atoms with van der Waals surface area (Å²) in [5.41, 5.74) is 9.63. The lowest BCUT2D eigenvalue weighted by molar-refractivity contribution is -0.385. The Balaban J connectivity index is 0.000000264. The second-order valence-electron chi connectivity index (χ2n) is 8.08. The van der Waals surface area contributed by atoms with Crippen LogP contribution >= 0.6 is 15.9 Å². The first-order valence-electron chi connectivity index (χ1n) is 10.7. The van der Waals surface area contributed by atoms with Crippen LogP contribution in [0.2, 0.25) is 0 Å². The van der Waals surface area contributed by atoms with Crippen LogP contribution in [0.3, 0.4) is 0 Å². The van der Waals surface area contributed by atoms with Crippen molar-refractivity contribution in [2.75, 3.05) is 33.9 Å². The Bertz CT molecular complexity index is 1090. The van der Waals surface area contributed by atoms with Crippen molar-refractivity contribution in [1.82, 2.24) is 9.80 Å². The number of hydrogen-bond donors (Lipinski definition) is 1. The number of nitrogen functional groups attached to an aromatic ring is 1. The largest absolute Gasteiger partial charge is 0.398 e. The number of nitro benzene ring substituents is 2. The molecule has 0 aliphatic rings. The number of para-hydroxylation sites is 3. The topological polar surface area (TPSA) is 119 Å². The van der Waals surface area contributed by atoms with Gasteiger partial charge in [0.15, 0.2) is 0 Å². The number of benzene rings is 3. The number of anilines is 1. The molecule has 0 unspecified atom stereocenters. The van der Waals surface area contributed by atoms with Crippen LogP contribution in [-0.4, -0.2) is 47.8 Å². The van der Waals surface area contributed by atoms with Crippen LogP contribution < -0.4 is 5.73 Å². The van der Waals surface area contributed by atoms with Gasteiger partial charge in [-0.2, -0.15) is 0 Å². The molecule has 0 bridgehead atoms. The van der Waals surface area contributed by atoms with Crippen LogP contribution in [0.5, 0.6) is 0 Å². The zero-order valence-corrected chi connectivity index (χ0v) is 22.0. The average Bonchev–Trinajstić information content (AvgIpc) is 2.81. The first kappa shape index (κ1) is 29.7. The standard InChI is InChI=1S/C9H12N2O2.C9H14N2.C7H6BrNO2/c1-10(2)7-8-5-3-4-6-9(8)11(12)13;1-11(2)7-8-5-3-4-6-9(8)10;8-5-6-3-1-2-4-7(6)9(10)11/h3-6H,7H2,1-2H3;3-6H,7,10H2,1-2H3;1-4H,5H2. The van der Waals surface area contributed by atoms with Crippen LogP contribution in [-0.2, 0) is 18.4 Å². The van der Waals surface area contributed by atoms with E-state index < -0.39 is 0 Å². The molecule has 0 spiro atoms. The number of alkyl halides is 1. The molecule has 10 heteroatoms. The fraction of sp³-hybridized carbons (Fsp3) is 0.280. The maximum Gasteiger partial charge on any atom is 0.273 e. The number of hydrogen-bond acceptors (Lipinski definition) is 7. The summed E-state index contributed by atoms with van der Waals surface area (Å²) >= 11 is 3.17. The van der Waals surface area contributed by atoms with E-state index in [1.807, 2.05) is 57.4 Å². The first-order chi connectivity index (χ1) is 16.6. The number of halogens is 1. The van der Waals surface area contributed by atoms with Crippen molar-refractivity contribution in [2.45, 2.75) is 18.4 Å². The Morgan fingerprint density at radius 2 is 1.06 bits per heavy atom. The van der Waals surface area contributed by atoms with E-state index >= 15 is 0 Å². The lowest BCUT2D eigenvalue weighted by Gasteiger charge is -2.10. The quantitative estimate of drug-likeness (QED) is 0.181. The van der Waals surface area contributed by atoms with Gasteiger partial charge in [0.05, 0.1) is 9.85 Å². The molecular formula is C25H32BrN5O4. The van der Waals surface area contributed by atoms with Crippen molar-refractivity contribution in [3.63, 3.8) is 0 Å². The molecule has 9 nitrogen and oxygen atoms in total. The molecule has 0 saturated carbocycles. The highest BCUT2D eigenvalue weighted by Gasteiger charge is 2.12. The fourth-order valence-electron chi connectivity index (χ4n) is 2.98.